The number of hydrogen-bond donors (Lipinski definition) is 1. The van der Waals surface area contributed by atoms with Crippen LogP contribution in [0.4, 0.5) is 0 Å². The summed E-state index contributed by atoms with van der Waals surface area (Å²) in [7, 11) is -3.58. The Hall–Kier alpha value is -1.87. The van der Waals surface area contributed by atoms with Crippen LogP contribution in [-0.4, -0.2) is 60.3 Å². The maximum Gasteiger partial charge on any atom is 0.308 e. The van der Waals surface area contributed by atoms with Crippen LogP contribution in [0.2, 0.25) is 0 Å². The Morgan fingerprint density at radius 2 is 2.05 bits per heavy atom. The third-order valence-electron chi connectivity index (χ3n) is 3.91. The molecule has 2 saturated heterocycles. The average molecular weight is 314 g/mol. The summed E-state index contributed by atoms with van der Waals surface area (Å²) in [5.74, 6) is -1.92. The molecule has 2 aliphatic heterocycles. The minimum atomic E-state index is -3.58. The quantitative estimate of drug-likeness (QED) is 0.809. The molecule has 2 fully saturated rings. The van der Waals surface area contributed by atoms with Crippen LogP contribution in [0.1, 0.15) is 6.42 Å². The second kappa shape index (κ2) is 4.85. The van der Waals surface area contributed by atoms with Gasteiger partial charge in [0.15, 0.2) is 0 Å². The lowest BCUT2D eigenvalue weighted by Gasteiger charge is -2.42. The van der Waals surface area contributed by atoms with Crippen LogP contribution in [0.5, 0.6) is 0 Å². The van der Waals surface area contributed by atoms with Crippen molar-refractivity contribution < 1.29 is 27.5 Å². The van der Waals surface area contributed by atoms with Crippen molar-refractivity contribution in [2.24, 2.45) is 5.92 Å². The molecule has 2 aliphatic rings. The number of rotatable bonds is 4. The molecule has 9 heteroatoms. The van der Waals surface area contributed by atoms with E-state index in [1.807, 2.05) is 0 Å². The lowest BCUT2D eigenvalue weighted by Crippen LogP contribution is -2.61. The predicted molar refractivity (Wildman–Crippen MR) is 68.7 cm³/mol. The van der Waals surface area contributed by atoms with Crippen molar-refractivity contribution in [2.75, 3.05) is 19.6 Å². The van der Waals surface area contributed by atoms with Crippen LogP contribution in [0.25, 0.3) is 0 Å². The van der Waals surface area contributed by atoms with Gasteiger partial charge in [-0.15, -0.1) is 0 Å². The maximum atomic E-state index is 12.2. The number of carboxylic acids is 1. The Kier molecular flexibility index (Phi) is 3.25. The van der Waals surface area contributed by atoms with Gasteiger partial charge in [-0.3, -0.25) is 9.59 Å². The molecule has 3 rings (SSSR count). The average Bonchev–Trinajstić information content (AvgIpc) is 2.97. The van der Waals surface area contributed by atoms with E-state index in [9.17, 15) is 18.0 Å². The number of furan rings is 1. The van der Waals surface area contributed by atoms with Gasteiger partial charge in [0.05, 0.1) is 18.2 Å². The molecule has 0 aromatic carbocycles. The smallest absolute Gasteiger partial charge is 0.308 e. The highest BCUT2D eigenvalue weighted by atomic mass is 32.2. The van der Waals surface area contributed by atoms with Gasteiger partial charge in [-0.25, -0.2) is 8.42 Å². The van der Waals surface area contributed by atoms with Crippen molar-refractivity contribution >= 4 is 21.9 Å². The van der Waals surface area contributed by atoms with Gasteiger partial charge in [0.2, 0.25) is 15.9 Å². The molecule has 1 amide bonds. The number of sulfonamides is 1. The highest BCUT2D eigenvalue weighted by Gasteiger charge is 2.45. The van der Waals surface area contributed by atoms with Crippen molar-refractivity contribution in [3.8, 4) is 0 Å². The van der Waals surface area contributed by atoms with Crippen molar-refractivity contribution in [2.45, 2.75) is 17.4 Å². The Morgan fingerprint density at radius 3 is 2.57 bits per heavy atom. The van der Waals surface area contributed by atoms with Crippen molar-refractivity contribution in [3.05, 3.63) is 18.6 Å². The molecular formula is C12H14N2O6S. The number of likely N-dealkylation sites (tertiary alicyclic amines) is 1. The van der Waals surface area contributed by atoms with Gasteiger partial charge < -0.3 is 14.4 Å². The molecule has 21 heavy (non-hydrogen) atoms. The molecule has 8 nitrogen and oxygen atoms in total. The van der Waals surface area contributed by atoms with Gasteiger partial charge in [-0.1, -0.05) is 0 Å². The monoisotopic (exact) mass is 314 g/mol. The summed E-state index contributed by atoms with van der Waals surface area (Å²) in [5.41, 5.74) is 0. The Bertz CT molecular complexity index is 662. The fourth-order valence-electron chi connectivity index (χ4n) is 2.61. The van der Waals surface area contributed by atoms with E-state index in [0.29, 0.717) is 0 Å². The van der Waals surface area contributed by atoms with Crippen LogP contribution >= 0.6 is 0 Å². The van der Waals surface area contributed by atoms with Crippen LogP contribution in [0.3, 0.4) is 0 Å². The summed E-state index contributed by atoms with van der Waals surface area (Å²) < 4.78 is 30.3. The highest BCUT2D eigenvalue weighted by Crippen LogP contribution is 2.28. The summed E-state index contributed by atoms with van der Waals surface area (Å²) in [4.78, 5) is 24.2. The maximum absolute atomic E-state index is 12.2. The van der Waals surface area contributed by atoms with Crippen LogP contribution in [0.15, 0.2) is 27.9 Å². The Morgan fingerprint density at radius 1 is 1.33 bits per heavy atom. The number of amides is 1. The van der Waals surface area contributed by atoms with Crippen molar-refractivity contribution in [1.29, 1.82) is 0 Å². The molecule has 1 N–H and O–H groups in total. The molecule has 1 aromatic heterocycles. The molecule has 0 spiro atoms. The molecule has 0 aliphatic carbocycles. The van der Waals surface area contributed by atoms with Crippen molar-refractivity contribution in [3.63, 3.8) is 0 Å². The summed E-state index contributed by atoms with van der Waals surface area (Å²) >= 11 is 0. The molecule has 0 radical (unpaired) electrons. The second-order valence-electron chi connectivity index (χ2n) is 5.22. The minimum Gasteiger partial charge on any atom is -0.481 e. The Labute approximate surface area is 121 Å². The zero-order valence-corrected chi connectivity index (χ0v) is 11.8. The molecule has 3 heterocycles. The van der Waals surface area contributed by atoms with E-state index >= 15 is 0 Å². The number of carbonyl (C=O) groups is 2. The first-order valence-corrected chi connectivity index (χ1v) is 7.88. The summed E-state index contributed by atoms with van der Waals surface area (Å²) in [6, 6.07) is 1.12. The number of nitrogens with zero attached hydrogens (tertiary/aromatic N) is 2. The van der Waals surface area contributed by atoms with E-state index < -0.39 is 21.9 Å². The van der Waals surface area contributed by atoms with Crippen molar-refractivity contribution in [1.82, 2.24) is 9.21 Å². The summed E-state index contributed by atoms with van der Waals surface area (Å²) in [5, 5.41) is 8.93. The van der Waals surface area contributed by atoms with E-state index in [1.165, 1.54) is 21.5 Å². The summed E-state index contributed by atoms with van der Waals surface area (Å²) in [6.45, 7) is 0.523. The van der Waals surface area contributed by atoms with E-state index in [2.05, 4.69) is 0 Å². The second-order valence-corrected chi connectivity index (χ2v) is 7.16. The van der Waals surface area contributed by atoms with E-state index in [1.54, 1.807) is 0 Å². The van der Waals surface area contributed by atoms with E-state index in [-0.39, 0.29) is 42.9 Å². The third kappa shape index (κ3) is 2.32. The SMILES string of the molecule is O=C(O)C1CC(=O)N(C2CN(S(=O)(=O)c3ccoc3)C2)C1. The molecule has 1 aromatic rings. The van der Waals surface area contributed by atoms with Gasteiger partial charge >= 0.3 is 5.97 Å². The minimum absolute atomic E-state index is 0.0136. The fraction of sp³-hybridized carbons (Fsp3) is 0.500. The number of hydrogen-bond acceptors (Lipinski definition) is 5. The topological polar surface area (TPSA) is 108 Å². The molecular weight excluding hydrogens is 300 g/mol. The number of aliphatic carboxylic acids is 1. The van der Waals surface area contributed by atoms with E-state index in [4.69, 9.17) is 9.52 Å². The molecule has 0 saturated carbocycles. The van der Waals surface area contributed by atoms with Gasteiger partial charge in [-0.2, -0.15) is 4.31 Å². The largest absolute Gasteiger partial charge is 0.481 e. The first kappa shape index (κ1) is 14.1. The lowest BCUT2D eigenvalue weighted by atomic mass is 10.1. The summed E-state index contributed by atoms with van der Waals surface area (Å²) in [6.07, 6.45) is 2.43. The molecule has 0 bridgehead atoms. The lowest BCUT2D eigenvalue weighted by molar-refractivity contribution is -0.141. The van der Waals surface area contributed by atoms with Gasteiger partial charge in [0.1, 0.15) is 11.2 Å². The first-order chi connectivity index (χ1) is 9.89. The van der Waals surface area contributed by atoms with Gasteiger partial charge in [0.25, 0.3) is 0 Å². The van der Waals surface area contributed by atoms with Crippen LogP contribution in [-0.2, 0) is 19.6 Å². The number of carboxylic acid groups (broad SMARTS) is 1. The standard InChI is InChI=1S/C12H14N2O6S/c15-11-3-8(12(16)17)4-14(11)9-5-13(6-9)21(18,19)10-1-2-20-7-10/h1-2,7-9H,3-6H2,(H,16,17). The van der Waals surface area contributed by atoms with Crippen LogP contribution < -0.4 is 0 Å². The first-order valence-electron chi connectivity index (χ1n) is 6.44. The highest BCUT2D eigenvalue weighted by molar-refractivity contribution is 7.89. The Balaban J connectivity index is 1.64. The zero-order chi connectivity index (χ0) is 15.2. The zero-order valence-electron chi connectivity index (χ0n) is 11.0. The van der Waals surface area contributed by atoms with E-state index in [0.717, 1.165) is 6.26 Å². The van der Waals surface area contributed by atoms with Gasteiger partial charge in [-0.05, 0) is 6.07 Å². The molecule has 1 atom stereocenters. The molecule has 1 unspecified atom stereocenters. The normalized spacial score (nSPS) is 24.3. The predicted octanol–water partition coefficient (Wildman–Crippen LogP) is -0.414. The van der Waals surface area contributed by atoms with Gasteiger partial charge in [0, 0.05) is 26.1 Å². The third-order valence-corrected chi connectivity index (χ3v) is 5.72. The van der Waals surface area contributed by atoms with Crippen LogP contribution in [0, 0.1) is 5.92 Å². The fourth-order valence-corrected chi connectivity index (χ4v) is 4.05. The number of carbonyl (C=O) groups excluding carboxylic acids is 1. The molecule has 114 valence electrons.